The molecule has 0 aromatic carbocycles. The van der Waals surface area contributed by atoms with Crippen LogP contribution in [-0.2, 0) is 13.5 Å². The molecule has 1 atom stereocenters. The van der Waals surface area contributed by atoms with Gasteiger partial charge in [0, 0.05) is 31.4 Å². The molecule has 1 N–H and O–H groups in total. The third kappa shape index (κ3) is 2.75. The number of piperidine rings is 1. The average Bonchev–Trinajstić information content (AvgIpc) is 2.76. The van der Waals surface area contributed by atoms with E-state index < -0.39 is 0 Å². The lowest BCUT2D eigenvalue weighted by Gasteiger charge is -2.43. The van der Waals surface area contributed by atoms with Crippen molar-refractivity contribution < 1.29 is 5.11 Å². The molecule has 1 aromatic heterocycles. The second kappa shape index (κ2) is 5.41. The van der Waals surface area contributed by atoms with E-state index in [0.29, 0.717) is 6.42 Å². The molecule has 1 aliphatic heterocycles. The molecule has 0 aliphatic carbocycles. The van der Waals surface area contributed by atoms with Gasteiger partial charge >= 0.3 is 0 Å². The highest BCUT2D eigenvalue weighted by molar-refractivity contribution is 4.99. The Morgan fingerprint density at radius 2 is 2.00 bits per heavy atom. The van der Waals surface area contributed by atoms with Crippen LogP contribution in [0.15, 0.2) is 12.4 Å². The molecular weight excluding hydrogens is 226 g/mol. The number of aliphatic hydroxyl groups excluding tert-OH is 1. The number of nitrogens with zero attached hydrogens (tertiary/aromatic N) is 3. The fourth-order valence-corrected chi connectivity index (χ4v) is 2.70. The van der Waals surface area contributed by atoms with E-state index in [9.17, 15) is 5.11 Å². The number of likely N-dealkylation sites (tertiary alicyclic amines) is 1. The molecule has 2 heterocycles. The Kier molecular flexibility index (Phi) is 4.07. The zero-order valence-corrected chi connectivity index (χ0v) is 11.8. The van der Waals surface area contributed by atoms with Gasteiger partial charge in [0.15, 0.2) is 0 Å². The molecule has 1 aliphatic rings. The molecule has 102 valence electrons. The maximum absolute atomic E-state index is 10.5. The quantitative estimate of drug-likeness (QED) is 0.883. The smallest absolute Gasteiger partial charge is 0.111 e. The van der Waals surface area contributed by atoms with Crippen LogP contribution in [0.1, 0.15) is 38.9 Å². The molecule has 0 amide bonds. The van der Waals surface area contributed by atoms with Gasteiger partial charge in [0.05, 0.1) is 6.10 Å². The van der Waals surface area contributed by atoms with Crippen molar-refractivity contribution in [1.82, 2.24) is 14.5 Å². The summed E-state index contributed by atoms with van der Waals surface area (Å²) >= 11 is 0. The van der Waals surface area contributed by atoms with E-state index in [2.05, 4.69) is 23.7 Å². The van der Waals surface area contributed by atoms with E-state index in [1.54, 1.807) is 6.20 Å². The van der Waals surface area contributed by atoms with Crippen molar-refractivity contribution >= 4 is 0 Å². The molecule has 1 aromatic rings. The molecule has 0 bridgehead atoms. The Morgan fingerprint density at radius 3 is 2.56 bits per heavy atom. The largest absolute Gasteiger partial charge is 0.391 e. The number of hydrogen-bond donors (Lipinski definition) is 1. The predicted octanol–water partition coefficient (Wildman–Crippen LogP) is 1.59. The summed E-state index contributed by atoms with van der Waals surface area (Å²) in [5.41, 5.74) is -0.174. The molecular formula is C14H25N3O. The number of rotatable bonds is 4. The van der Waals surface area contributed by atoms with E-state index >= 15 is 0 Å². The predicted molar refractivity (Wildman–Crippen MR) is 72.4 cm³/mol. The van der Waals surface area contributed by atoms with Gasteiger partial charge in [-0.05, 0) is 39.8 Å². The maximum atomic E-state index is 10.5. The van der Waals surface area contributed by atoms with Crippen molar-refractivity contribution in [3.63, 3.8) is 0 Å². The Morgan fingerprint density at radius 1 is 1.33 bits per heavy atom. The summed E-state index contributed by atoms with van der Waals surface area (Å²) in [6, 6.07) is 0. The number of hydrogen-bond acceptors (Lipinski definition) is 3. The SMILES string of the molecule is Cn1ccnc1CC(O)C(C)(C)N1CCCCC1. The van der Waals surface area contributed by atoms with E-state index in [1.807, 2.05) is 17.8 Å². The first-order chi connectivity index (χ1) is 8.51. The zero-order valence-electron chi connectivity index (χ0n) is 11.8. The van der Waals surface area contributed by atoms with Crippen molar-refractivity contribution in [2.24, 2.45) is 7.05 Å². The van der Waals surface area contributed by atoms with Crippen molar-refractivity contribution in [1.29, 1.82) is 0 Å². The second-order valence-corrected chi connectivity index (χ2v) is 5.88. The van der Waals surface area contributed by atoms with Crippen molar-refractivity contribution in [3.8, 4) is 0 Å². The molecule has 0 spiro atoms. The van der Waals surface area contributed by atoms with Crippen LogP contribution in [0.4, 0.5) is 0 Å². The third-order valence-corrected chi connectivity index (χ3v) is 4.28. The molecule has 4 nitrogen and oxygen atoms in total. The highest BCUT2D eigenvalue weighted by Gasteiger charge is 2.35. The van der Waals surface area contributed by atoms with Crippen LogP contribution in [0.3, 0.4) is 0 Å². The summed E-state index contributed by atoms with van der Waals surface area (Å²) in [5.74, 6) is 0.951. The summed E-state index contributed by atoms with van der Waals surface area (Å²) < 4.78 is 1.98. The van der Waals surface area contributed by atoms with Crippen LogP contribution < -0.4 is 0 Å². The number of aliphatic hydroxyl groups is 1. The van der Waals surface area contributed by atoms with Gasteiger partial charge in [0.2, 0.25) is 0 Å². The van der Waals surface area contributed by atoms with Gasteiger partial charge in [0.25, 0.3) is 0 Å². The monoisotopic (exact) mass is 251 g/mol. The van der Waals surface area contributed by atoms with Gasteiger partial charge in [0.1, 0.15) is 5.82 Å². The molecule has 1 unspecified atom stereocenters. The minimum Gasteiger partial charge on any atom is -0.391 e. The van der Waals surface area contributed by atoms with Gasteiger partial charge in [-0.2, -0.15) is 0 Å². The highest BCUT2D eigenvalue weighted by Crippen LogP contribution is 2.25. The van der Waals surface area contributed by atoms with E-state index in [1.165, 1.54) is 19.3 Å². The standard InChI is InChI=1S/C14H25N3O/c1-14(2,17-8-5-4-6-9-17)12(18)11-13-15-7-10-16(13)3/h7,10,12,18H,4-6,8-9,11H2,1-3H3. The number of aromatic nitrogens is 2. The fraction of sp³-hybridized carbons (Fsp3) is 0.786. The van der Waals surface area contributed by atoms with E-state index in [0.717, 1.165) is 18.9 Å². The maximum Gasteiger partial charge on any atom is 0.111 e. The molecule has 0 radical (unpaired) electrons. The van der Waals surface area contributed by atoms with Gasteiger partial charge in [-0.25, -0.2) is 4.98 Å². The van der Waals surface area contributed by atoms with Crippen molar-refractivity contribution in [2.75, 3.05) is 13.1 Å². The fourth-order valence-electron chi connectivity index (χ4n) is 2.70. The normalized spacial score (nSPS) is 20.0. The van der Waals surface area contributed by atoms with Gasteiger partial charge in [-0.3, -0.25) is 4.90 Å². The summed E-state index contributed by atoms with van der Waals surface area (Å²) in [4.78, 5) is 6.72. The number of aryl methyl sites for hydroxylation is 1. The Balaban J connectivity index is 2.02. The first kappa shape index (κ1) is 13.6. The number of imidazole rings is 1. The van der Waals surface area contributed by atoms with Crippen LogP contribution in [-0.4, -0.2) is 44.3 Å². The minimum atomic E-state index is -0.378. The third-order valence-electron chi connectivity index (χ3n) is 4.28. The van der Waals surface area contributed by atoms with Crippen LogP contribution in [0.5, 0.6) is 0 Å². The molecule has 1 saturated heterocycles. The molecule has 1 fully saturated rings. The van der Waals surface area contributed by atoms with E-state index in [-0.39, 0.29) is 11.6 Å². The van der Waals surface area contributed by atoms with Crippen molar-refractivity contribution in [2.45, 2.75) is 51.2 Å². The Hall–Kier alpha value is -0.870. The topological polar surface area (TPSA) is 41.3 Å². The summed E-state index contributed by atoms with van der Waals surface area (Å²) in [5, 5.41) is 10.5. The minimum absolute atomic E-state index is 0.174. The zero-order chi connectivity index (χ0) is 13.2. The average molecular weight is 251 g/mol. The van der Waals surface area contributed by atoms with Gasteiger partial charge in [-0.15, -0.1) is 0 Å². The first-order valence-electron chi connectivity index (χ1n) is 6.91. The highest BCUT2D eigenvalue weighted by atomic mass is 16.3. The van der Waals surface area contributed by atoms with Gasteiger partial charge in [-0.1, -0.05) is 6.42 Å². The molecule has 4 heteroatoms. The first-order valence-corrected chi connectivity index (χ1v) is 6.91. The summed E-state index contributed by atoms with van der Waals surface area (Å²) in [6.45, 7) is 6.49. The Bertz CT molecular complexity index is 380. The van der Waals surface area contributed by atoms with Crippen LogP contribution in [0, 0.1) is 0 Å². The summed E-state index contributed by atoms with van der Waals surface area (Å²) in [7, 11) is 1.98. The lowest BCUT2D eigenvalue weighted by Crippen LogP contribution is -2.55. The van der Waals surface area contributed by atoms with Crippen LogP contribution >= 0.6 is 0 Å². The second-order valence-electron chi connectivity index (χ2n) is 5.88. The lowest BCUT2D eigenvalue weighted by atomic mass is 9.90. The van der Waals surface area contributed by atoms with Crippen LogP contribution in [0.25, 0.3) is 0 Å². The van der Waals surface area contributed by atoms with Gasteiger partial charge < -0.3 is 9.67 Å². The molecule has 2 rings (SSSR count). The van der Waals surface area contributed by atoms with E-state index in [4.69, 9.17) is 0 Å². The lowest BCUT2D eigenvalue weighted by molar-refractivity contribution is -0.0198. The van der Waals surface area contributed by atoms with Crippen LogP contribution in [0.2, 0.25) is 0 Å². The van der Waals surface area contributed by atoms with Crippen molar-refractivity contribution in [3.05, 3.63) is 18.2 Å². The molecule has 18 heavy (non-hydrogen) atoms. The Labute approximate surface area is 110 Å². The summed E-state index contributed by atoms with van der Waals surface area (Å²) in [6.07, 6.45) is 7.77. The molecule has 0 saturated carbocycles.